The molecule has 0 aromatic carbocycles. The van der Waals surface area contributed by atoms with Crippen LogP contribution in [0, 0.1) is 0 Å². The van der Waals surface area contributed by atoms with Gasteiger partial charge < -0.3 is 0 Å². The van der Waals surface area contributed by atoms with Gasteiger partial charge in [-0.3, -0.25) is 14.4 Å². The van der Waals surface area contributed by atoms with E-state index in [4.69, 9.17) is 0 Å². The molecule has 4 heteroatoms. The van der Waals surface area contributed by atoms with E-state index in [0.29, 0.717) is 22.5 Å². The minimum Gasteiger partial charge on any atom is -0.289 e. The highest BCUT2D eigenvalue weighted by Crippen LogP contribution is 2.34. The van der Waals surface area contributed by atoms with Crippen LogP contribution in [0.5, 0.6) is 0 Å². The Morgan fingerprint density at radius 2 is 2.00 bits per heavy atom. The molecule has 0 spiro atoms. The zero-order valence-corrected chi connectivity index (χ0v) is 12.8. The zero-order valence-electron chi connectivity index (χ0n) is 12.0. The van der Waals surface area contributed by atoms with Crippen molar-refractivity contribution in [1.29, 1.82) is 0 Å². The van der Waals surface area contributed by atoms with Crippen molar-refractivity contribution in [2.24, 2.45) is 0 Å². The second-order valence-electron chi connectivity index (χ2n) is 5.34. The van der Waals surface area contributed by atoms with Crippen LogP contribution >= 0.6 is 11.8 Å². The average Bonchev–Trinajstić information content (AvgIpc) is 2.88. The number of Topliss-reactive ketones (excluding diaryl/α,β-unsaturated/α-hetero) is 2. The van der Waals surface area contributed by atoms with E-state index in [-0.39, 0.29) is 28.2 Å². The largest absolute Gasteiger partial charge is 0.289 e. The summed E-state index contributed by atoms with van der Waals surface area (Å²) < 4.78 is 0. The van der Waals surface area contributed by atoms with Crippen molar-refractivity contribution in [2.75, 3.05) is 0 Å². The molecular formula is C16H18O3S. The lowest BCUT2D eigenvalue weighted by Crippen LogP contribution is -2.23. The number of hydrogen-bond acceptors (Lipinski definition) is 4. The van der Waals surface area contributed by atoms with Crippen LogP contribution in [0.25, 0.3) is 0 Å². The van der Waals surface area contributed by atoms with Crippen LogP contribution in [0.15, 0.2) is 33.8 Å². The summed E-state index contributed by atoms with van der Waals surface area (Å²) in [6.45, 7) is 5.51. The van der Waals surface area contributed by atoms with Crippen LogP contribution in [-0.2, 0) is 14.4 Å². The molecular weight excluding hydrogens is 272 g/mol. The molecule has 0 heterocycles. The van der Waals surface area contributed by atoms with Crippen LogP contribution in [0.4, 0.5) is 0 Å². The Bertz CT molecular complexity index is 577. The predicted molar refractivity (Wildman–Crippen MR) is 80.5 cm³/mol. The van der Waals surface area contributed by atoms with Gasteiger partial charge in [-0.05, 0) is 37.8 Å². The standard InChI is InChI=1S/C16H18O3S/c1-9(2)20-16-13(12(17)8-10(3)14(16)18)15(19)11-6-4-5-7-11/h6,8-9H,4-5,7H2,1-3H3. The first-order chi connectivity index (χ1) is 9.41. The van der Waals surface area contributed by atoms with E-state index in [0.717, 1.165) is 12.8 Å². The van der Waals surface area contributed by atoms with E-state index < -0.39 is 0 Å². The summed E-state index contributed by atoms with van der Waals surface area (Å²) in [6, 6.07) is 0. The topological polar surface area (TPSA) is 51.2 Å². The molecule has 0 atom stereocenters. The highest BCUT2D eigenvalue weighted by Gasteiger charge is 2.33. The zero-order chi connectivity index (χ0) is 14.9. The first kappa shape index (κ1) is 15.0. The van der Waals surface area contributed by atoms with Gasteiger partial charge >= 0.3 is 0 Å². The van der Waals surface area contributed by atoms with Crippen molar-refractivity contribution in [2.45, 2.75) is 45.3 Å². The van der Waals surface area contributed by atoms with E-state index >= 15 is 0 Å². The summed E-state index contributed by atoms with van der Waals surface area (Å²) in [5.74, 6) is -0.777. The Morgan fingerprint density at radius 1 is 1.30 bits per heavy atom. The quantitative estimate of drug-likeness (QED) is 0.589. The summed E-state index contributed by atoms with van der Waals surface area (Å²) >= 11 is 1.31. The highest BCUT2D eigenvalue weighted by atomic mass is 32.2. The van der Waals surface area contributed by atoms with Gasteiger partial charge in [0.15, 0.2) is 17.3 Å². The van der Waals surface area contributed by atoms with Crippen LogP contribution in [0.3, 0.4) is 0 Å². The molecule has 0 aromatic heterocycles. The molecule has 0 aromatic rings. The summed E-state index contributed by atoms with van der Waals surface area (Å²) in [5, 5.41) is 0.146. The fourth-order valence-corrected chi connectivity index (χ4v) is 3.39. The normalized spacial score (nSPS) is 19.6. The lowest BCUT2D eigenvalue weighted by Gasteiger charge is -2.18. The molecule has 0 unspecified atom stereocenters. The molecule has 0 radical (unpaired) electrons. The highest BCUT2D eigenvalue weighted by molar-refractivity contribution is 8.04. The SMILES string of the molecule is CC1=CC(=O)C(C(=O)C2=CCCC2)=C(SC(C)C)C1=O. The summed E-state index contributed by atoms with van der Waals surface area (Å²) in [6.07, 6.45) is 5.69. The molecule has 0 saturated heterocycles. The lowest BCUT2D eigenvalue weighted by molar-refractivity contribution is -0.119. The van der Waals surface area contributed by atoms with Gasteiger partial charge in [0.1, 0.15) is 0 Å². The maximum Gasteiger partial charge on any atom is 0.196 e. The molecule has 0 aliphatic heterocycles. The number of allylic oxidation sites excluding steroid dienone is 6. The molecule has 0 saturated carbocycles. The van der Waals surface area contributed by atoms with E-state index in [9.17, 15) is 14.4 Å². The average molecular weight is 290 g/mol. The van der Waals surface area contributed by atoms with Crippen molar-refractivity contribution in [3.05, 3.63) is 33.8 Å². The maximum absolute atomic E-state index is 12.5. The minimum atomic E-state index is -0.331. The molecule has 0 N–H and O–H groups in total. The smallest absolute Gasteiger partial charge is 0.196 e. The van der Waals surface area contributed by atoms with E-state index in [1.807, 2.05) is 19.9 Å². The fourth-order valence-electron chi connectivity index (χ4n) is 2.34. The summed E-state index contributed by atoms with van der Waals surface area (Å²) in [4.78, 5) is 37.3. The monoisotopic (exact) mass is 290 g/mol. The summed E-state index contributed by atoms with van der Waals surface area (Å²) in [7, 11) is 0. The molecule has 106 valence electrons. The van der Waals surface area contributed by atoms with Crippen LogP contribution < -0.4 is 0 Å². The molecule has 20 heavy (non-hydrogen) atoms. The number of thioether (sulfide) groups is 1. The summed E-state index contributed by atoms with van der Waals surface area (Å²) in [5.41, 5.74) is 1.17. The molecule has 0 bridgehead atoms. The lowest BCUT2D eigenvalue weighted by atomic mass is 9.91. The number of carbonyl (C=O) groups is 3. The van der Waals surface area contributed by atoms with Gasteiger partial charge in [-0.2, -0.15) is 0 Å². The first-order valence-electron chi connectivity index (χ1n) is 6.83. The van der Waals surface area contributed by atoms with Gasteiger partial charge in [-0.15, -0.1) is 11.8 Å². The minimum absolute atomic E-state index is 0.0763. The first-order valence-corrected chi connectivity index (χ1v) is 7.71. The molecule has 2 aliphatic carbocycles. The van der Waals surface area contributed by atoms with Crippen LogP contribution in [0.1, 0.15) is 40.0 Å². The van der Waals surface area contributed by atoms with Gasteiger partial charge in [-0.25, -0.2) is 0 Å². The third kappa shape index (κ3) is 2.85. The van der Waals surface area contributed by atoms with Gasteiger partial charge in [-0.1, -0.05) is 19.9 Å². The fraction of sp³-hybridized carbons (Fsp3) is 0.438. The molecule has 2 aliphatic rings. The van der Waals surface area contributed by atoms with Crippen LogP contribution in [0.2, 0.25) is 0 Å². The van der Waals surface area contributed by atoms with Gasteiger partial charge in [0, 0.05) is 10.8 Å². The molecule has 3 nitrogen and oxygen atoms in total. The Morgan fingerprint density at radius 3 is 2.55 bits per heavy atom. The van der Waals surface area contributed by atoms with Crippen molar-refractivity contribution in [1.82, 2.24) is 0 Å². The van der Waals surface area contributed by atoms with Crippen molar-refractivity contribution in [3.8, 4) is 0 Å². The van der Waals surface area contributed by atoms with Gasteiger partial charge in [0.2, 0.25) is 0 Å². The third-order valence-electron chi connectivity index (χ3n) is 3.30. The second kappa shape index (κ2) is 5.92. The van der Waals surface area contributed by atoms with E-state index in [2.05, 4.69) is 0 Å². The Labute approximate surface area is 123 Å². The van der Waals surface area contributed by atoms with E-state index in [1.54, 1.807) is 6.92 Å². The van der Waals surface area contributed by atoms with Crippen molar-refractivity contribution in [3.63, 3.8) is 0 Å². The Hall–Kier alpha value is -1.42. The molecule has 0 amide bonds. The van der Waals surface area contributed by atoms with E-state index in [1.165, 1.54) is 17.8 Å². The maximum atomic E-state index is 12.5. The number of hydrogen-bond donors (Lipinski definition) is 0. The molecule has 0 fully saturated rings. The Kier molecular flexibility index (Phi) is 4.43. The number of rotatable bonds is 4. The Balaban J connectivity index is 2.46. The second-order valence-corrected chi connectivity index (χ2v) is 6.93. The van der Waals surface area contributed by atoms with Crippen molar-refractivity contribution >= 4 is 29.1 Å². The van der Waals surface area contributed by atoms with Gasteiger partial charge in [0.25, 0.3) is 0 Å². The predicted octanol–water partition coefficient (Wildman–Crippen LogP) is 3.16. The third-order valence-corrected chi connectivity index (χ3v) is 4.40. The van der Waals surface area contributed by atoms with Crippen molar-refractivity contribution < 1.29 is 14.4 Å². The number of ketones is 3. The molecule has 2 rings (SSSR count). The van der Waals surface area contributed by atoms with Gasteiger partial charge in [0.05, 0.1) is 10.5 Å². The number of carbonyl (C=O) groups excluding carboxylic acids is 3. The van der Waals surface area contributed by atoms with Crippen LogP contribution in [-0.4, -0.2) is 22.6 Å².